The number of aromatic nitrogens is 4. The molecule has 0 unspecified atom stereocenters. The number of anilines is 1. The van der Waals surface area contributed by atoms with Gasteiger partial charge in [-0.05, 0) is 24.6 Å². The zero-order valence-corrected chi connectivity index (χ0v) is 21.1. The van der Waals surface area contributed by atoms with E-state index < -0.39 is 17.2 Å². The van der Waals surface area contributed by atoms with E-state index in [0.717, 1.165) is 27.5 Å². The fourth-order valence-corrected chi connectivity index (χ4v) is 4.55. The van der Waals surface area contributed by atoms with Crippen molar-refractivity contribution in [1.82, 2.24) is 18.7 Å². The Morgan fingerprint density at radius 1 is 1.03 bits per heavy atom. The minimum Gasteiger partial charge on any atom is -0.465 e. The predicted octanol–water partition coefficient (Wildman–Crippen LogP) is 2.31. The van der Waals surface area contributed by atoms with E-state index in [1.54, 1.807) is 35.9 Å². The average Bonchev–Trinajstić information content (AvgIpc) is 3.24. The summed E-state index contributed by atoms with van der Waals surface area (Å²) in [7, 11) is 4.25. The van der Waals surface area contributed by atoms with E-state index in [0.29, 0.717) is 17.4 Å². The molecule has 2 aromatic heterocycles. The number of methoxy groups -OCH3 is 1. The van der Waals surface area contributed by atoms with Crippen LogP contribution in [0, 0.1) is 6.92 Å². The number of imidazole rings is 1. The Bertz CT molecular complexity index is 1580. The molecule has 0 radical (unpaired) electrons. The maximum absolute atomic E-state index is 13.0. The Balaban J connectivity index is 1.68. The van der Waals surface area contributed by atoms with Gasteiger partial charge in [0, 0.05) is 14.1 Å². The van der Waals surface area contributed by atoms with Gasteiger partial charge < -0.3 is 14.6 Å². The van der Waals surface area contributed by atoms with Crippen LogP contribution in [0.5, 0.6) is 0 Å². The molecule has 0 bridgehead atoms. The number of aryl methyl sites for hydroxylation is 2. The minimum absolute atomic E-state index is 0.0407. The van der Waals surface area contributed by atoms with Crippen LogP contribution in [0.4, 0.5) is 5.69 Å². The molecule has 4 aromatic rings. The van der Waals surface area contributed by atoms with Gasteiger partial charge in [-0.25, -0.2) is 14.6 Å². The quantitative estimate of drug-likeness (QED) is 0.301. The lowest BCUT2D eigenvalue weighted by atomic mass is 10.1. The van der Waals surface area contributed by atoms with Crippen LogP contribution in [0.1, 0.15) is 21.5 Å². The van der Waals surface area contributed by atoms with E-state index in [2.05, 4.69) is 10.3 Å². The average molecular weight is 508 g/mol. The summed E-state index contributed by atoms with van der Waals surface area (Å²) in [6.45, 7) is 2.32. The number of thioether (sulfide) groups is 1. The van der Waals surface area contributed by atoms with E-state index in [9.17, 15) is 19.2 Å². The van der Waals surface area contributed by atoms with Crippen LogP contribution >= 0.6 is 11.8 Å². The van der Waals surface area contributed by atoms with E-state index in [1.807, 2.05) is 31.2 Å². The summed E-state index contributed by atoms with van der Waals surface area (Å²) >= 11 is 1.13. The smallest absolute Gasteiger partial charge is 0.339 e. The number of nitrogens with one attached hydrogen (secondary N) is 1. The van der Waals surface area contributed by atoms with Crippen LogP contribution in [-0.4, -0.2) is 43.4 Å². The van der Waals surface area contributed by atoms with E-state index in [1.165, 1.54) is 18.7 Å². The number of carbonyl (C=O) groups is 2. The van der Waals surface area contributed by atoms with Gasteiger partial charge in [0.05, 0.1) is 30.7 Å². The van der Waals surface area contributed by atoms with Crippen LogP contribution in [-0.2, 0) is 30.2 Å². The maximum Gasteiger partial charge on any atom is 0.339 e. The fraction of sp³-hybridized carbons (Fsp3) is 0.240. The highest BCUT2D eigenvalue weighted by Crippen LogP contribution is 2.24. The highest BCUT2D eigenvalue weighted by molar-refractivity contribution is 7.99. The van der Waals surface area contributed by atoms with Crippen molar-refractivity contribution < 1.29 is 14.3 Å². The highest BCUT2D eigenvalue weighted by atomic mass is 32.2. The molecule has 36 heavy (non-hydrogen) atoms. The number of nitrogens with zero attached hydrogens (tertiary/aromatic N) is 4. The topological polar surface area (TPSA) is 117 Å². The van der Waals surface area contributed by atoms with E-state index >= 15 is 0 Å². The fourth-order valence-electron chi connectivity index (χ4n) is 3.76. The minimum atomic E-state index is -0.560. The van der Waals surface area contributed by atoms with Gasteiger partial charge in [-0.3, -0.25) is 18.7 Å². The van der Waals surface area contributed by atoms with Crippen molar-refractivity contribution in [1.29, 1.82) is 0 Å². The van der Waals surface area contributed by atoms with Gasteiger partial charge in [0.25, 0.3) is 5.56 Å². The number of benzene rings is 2. The number of hydrogen-bond donors (Lipinski definition) is 1. The van der Waals surface area contributed by atoms with Crippen LogP contribution in [0.3, 0.4) is 0 Å². The molecule has 1 N–H and O–H groups in total. The number of rotatable bonds is 7. The summed E-state index contributed by atoms with van der Waals surface area (Å²) in [5, 5.41) is 3.14. The summed E-state index contributed by atoms with van der Waals surface area (Å²) in [4.78, 5) is 54.8. The van der Waals surface area contributed by atoms with Crippen molar-refractivity contribution in [2.24, 2.45) is 14.1 Å². The molecule has 11 heteroatoms. The van der Waals surface area contributed by atoms with Crippen molar-refractivity contribution in [2.75, 3.05) is 18.2 Å². The van der Waals surface area contributed by atoms with Crippen molar-refractivity contribution in [2.45, 2.75) is 18.6 Å². The molecular weight excluding hydrogens is 482 g/mol. The molecule has 0 spiro atoms. The number of hydrogen-bond acceptors (Lipinski definition) is 7. The number of carbonyl (C=O) groups excluding carboxylic acids is 2. The lowest BCUT2D eigenvalue weighted by molar-refractivity contribution is -0.113. The molecule has 0 aliphatic carbocycles. The summed E-state index contributed by atoms with van der Waals surface area (Å²) in [6.07, 6.45) is 0. The highest BCUT2D eigenvalue weighted by Gasteiger charge is 2.21. The van der Waals surface area contributed by atoms with Gasteiger partial charge in [-0.15, -0.1) is 0 Å². The predicted molar refractivity (Wildman–Crippen MR) is 138 cm³/mol. The zero-order chi connectivity index (χ0) is 26.0. The SMILES string of the molecule is COC(=O)c1ccccc1NC(=O)CSc1nc2c(c(=O)n(C)c(=O)n2C)n1Cc1ccc(C)cc1. The molecule has 0 aliphatic rings. The van der Waals surface area contributed by atoms with Crippen molar-refractivity contribution >= 4 is 40.5 Å². The lowest BCUT2D eigenvalue weighted by Gasteiger charge is -2.11. The molecule has 0 saturated carbocycles. The summed E-state index contributed by atoms with van der Waals surface area (Å²) in [6, 6.07) is 14.4. The first kappa shape index (κ1) is 25.0. The summed E-state index contributed by atoms with van der Waals surface area (Å²) in [5.41, 5.74) is 2.19. The first-order valence-corrected chi connectivity index (χ1v) is 12.0. The second kappa shape index (κ2) is 10.2. The Labute approximate surface area is 210 Å². The zero-order valence-electron chi connectivity index (χ0n) is 20.3. The van der Waals surface area contributed by atoms with Crippen LogP contribution < -0.4 is 16.6 Å². The molecule has 4 rings (SSSR count). The van der Waals surface area contributed by atoms with Gasteiger partial charge in [0.2, 0.25) is 5.91 Å². The van der Waals surface area contributed by atoms with Gasteiger partial charge in [-0.2, -0.15) is 0 Å². The molecule has 0 atom stereocenters. The van der Waals surface area contributed by atoms with Crippen molar-refractivity contribution in [3.8, 4) is 0 Å². The molecular formula is C25H25N5O5S. The molecule has 186 valence electrons. The van der Waals surface area contributed by atoms with Crippen LogP contribution in [0.2, 0.25) is 0 Å². The van der Waals surface area contributed by atoms with Gasteiger partial charge in [-0.1, -0.05) is 53.7 Å². The number of esters is 1. The van der Waals surface area contributed by atoms with Gasteiger partial charge >= 0.3 is 11.7 Å². The number of fused-ring (bicyclic) bond motifs is 1. The number of para-hydroxylation sites is 1. The third-order valence-corrected chi connectivity index (χ3v) is 6.69. The first-order chi connectivity index (χ1) is 17.2. The summed E-state index contributed by atoms with van der Waals surface area (Å²) in [5.74, 6) is -0.969. The standard InChI is InChI=1S/C25H25N5O5S/c1-15-9-11-16(12-10-15)13-30-20-21(28(2)25(34)29(3)22(20)32)27-24(30)36-14-19(31)26-18-8-6-5-7-17(18)23(33)35-4/h5-12H,13-14H2,1-4H3,(H,26,31). The Morgan fingerprint density at radius 3 is 2.42 bits per heavy atom. The summed E-state index contributed by atoms with van der Waals surface area (Å²) < 4.78 is 8.86. The molecule has 0 aliphatic heterocycles. The first-order valence-electron chi connectivity index (χ1n) is 11.0. The number of amides is 1. The Hall–Kier alpha value is -4.12. The molecule has 1 amide bonds. The normalized spacial score (nSPS) is 11.0. The molecule has 10 nitrogen and oxygen atoms in total. The van der Waals surface area contributed by atoms with Gasteiger partial charge in [0.1, 0.15) is 0 Å². The lowest BCUT2D eigenvalue weighted by Crippen LogP contribution is -2.37. The monoisotopic (exact) mass is 507 g/mol. The largest absolute Gasteiger partial charge is 0.465 e. The molecule has 2 heterocycles. The Kier molecular flexibility index (Phi) is 7.11. The van der Waals surface area contributed by atoms with Gasteiger partial charge in [0.15, 0.2) is 16.3 Å². The van der Waals surface area contributed by atoms with Crippen molar-refractivity contribution in [3.63, 3.8) is 0 Å². The molecule has 0 saturated heterocycles. The van der Waals surface area contributed by atoms with E-state index in [4.69, 9.17) is 4.74 Å². The van der Waals surface area contributed by atoms with Crippen LogP contribution in [0.25, 0.3) is 11.2 Å². The van der Waals surface area contributed by atoms with Crippen molar-refractivity contribution in [3.05, 3.63) is 86.1 Å². The third-order valence-electron chi connectivity index (χ3n) is 5.71. The third kappa shape index (κ3) is 4.82. The number of ether oxygens (including phenoxy) is 1. The Morgan fingerprint density at radius 2 is 1.72 bits per heavy atom. The molecule has 2 aromatic carbocycles. The molecule has 0 fully saturated rings. The second-order valence-electron chi connectivity index (χ2n) is 8.22. The maximum atomic E-state index is 13.0. The van der Waals surface area contributed by atoms with E-state index in [-0.39, 0.29) is 28.4 Å². The second-order valence-corrected chi connectivity index (χ2v) is 9.16. The van der Waals surface area contributed by atoms with Crippen LogP contribution in [0.15, 0.2) is 63.3 Å².